The number of ether oxygens (including phenoxy) is 1. The first-order valence-corrected chi connectivity index (χ1v) is 11.4. The Morgan fingerprint density at radius 1 is 1.18 bits per heavy atom. The number of carbonyl (C=O) groups excluding carboxylic acids is 2. The summed E-state index contributed by atoms with van der Waals surface area (Å²) in [6, 6.07) is 11.4. The van der Waals surface area contributed by atoms with E-state index < -0.39 is 23.2 Å². The predicted molar refractivity (Wildman–Crippen MR) is 120 cm³/mol. The summed E-state index contributed by atoms with van der Waals surface area (Å²) in [5.74, 6) is -0.389. The van der Waals surface area contributed by atoms with Gasteiger partial charge < -0.3 is 15.8 Å². The Morgan fingerprint density at radius 2 is 1.88 bits per heavy atom. The second-order valence-electron chi connectivity index (χ2n) is 9.07. The maximum Gasteiger partial charge on any atom is 0.416 e. The van der Waals surface area contributed by atoms with Crippen molar-refractivity contribution in [1.29, 1.82) is 0 Å². The smallest absolute Gasteiger partial charge is 0.416 e. The van der Waals surface area contributed by atoms with Crippen LogP contribution in [0.25, 0.3) is 0 Å². The van der Waals surface area contributed by atoms with Crippen molar-refractivity contribution < 1.29 is 27.5 Å². The molecule has 2 aromatic rings. The normalized spacial score (nSPS) is 20.9. The van der Waals surface area contributed by atoms with Crippen LogP contribution < -0.4 is 15.8 Å². The van der Waals surface area contributed by atoms with Gasteiger partial charge in [-0.25, -0.2) is 0 Å². The van der Waals surface area contributed by atoms with E-state index in [1.54, 1.807) is 24.3 Å². The molecule has 6 nitrogen and oxygen atoms in total. The SMILES string of the molecule is CC(NC(=O)C1(N2CC[C@@H](Oc3cccc(C(F)(F)F)c3)C2)CCC1)c1ccc(C(N)=O)cc1. The van der Waals surface area contributed by atoms with Gasteiger partial charge in [-0.05, 0) is 68.5 Å². The Balaban J connectivity index is 1.39. The number of benzene rings is 2. The Labute approximate surface area is 196 Å². The fourth-order valence-corrected chi connectivity index (χ4v) is 4.70. The maximum absolute atomic E-state index is 13.3. The zero-order valence-corrected chi connectivity index (χ0v) is 18.9. The van der Waals surface area contributed by atoms with Gasteiger partial charge in [-0.2, -0.15) is 13.2 Å². The number of nitrogens with two attached hydrogens (primary N) is 1. The first-order chi connectivity index (χ1) is 16.1. The number of rotatable bonds is 7. The molecule has 0 bridgehead atoms. The molecule has 1 unspecified atom stereocenters. The summed E-state index contributed by atoms with van der Waals surface area (Å²) >= 11 is 0. The lowest BCUT2D eigenvalue weighted by Gasteiger charge is -2.47. The first kappa shape index (κ1) is 24.1. The first-order valence-electron chi connectivity index (χ1n) is 11.4. The molecule has 2 amide bonds. The zero-order chi connectivity index (χ0) is 24.5. The molecule has 3 N–H and O–H groups in total. The Bertz CT molecular complexity index is 1050. The largest absolute Gasteiger partial charge is 0.489 e. The molecule has 2 aromatic carbocycles. The lowest BCUT2D eigenvalue weighted by Crippen LogP contribution is -2.62. The molecule has 1 saturated heterocycles. The van der Waals surface area contributed by atoms with Crippen LogP contribution in [-0.4, -0.2) is 41.4 Å². The maximum atomic E-state index is 13.3. The van der Waals surface area contributed by atoms with Gasteiger partial charge in [0.2, 0.25) is 11.8 Å². The van der Waals surface area contributed by atoms with Crippen LogP contribution >= 0.6 is 0 Å². The number of alkyl halides is 3. The van der Waals surface area contributed by atoms with Crippen molar-refractivity contribution in [1.82, 2.24) is 10.2 Å². The van der Waals surface area contributed by atoms with E-state index in [-0.39, 0.29) is 23.8 Å². The third-order valence-corrected chi connectivity index (χ3v) is 6.86. The quantitative estimate of drug-likeness (QED) is 0.633. The Hall–Kier alpha value is -3.07. The lowest BCUT2D eigenvalue weighted by atomic mass is 9.74. The molecule has 0 aromatic heterocycles. The topological polar surface area (TPSA) is 84.7 Å². The van der Waals surface area contributed by atoms with Gasteiger partial charge in [0.1, 0.15) is 17.4 Å². The average molecular weight is 476 g/mol. The number of amides is 2. The second kappa shape index (κ2) is 9.29. The standard InChI is InChI=1S/C25H28F3N3O3/c1-16(17-6-8-18(9-7-17)22(29)32)30-23(33)24(11-3-12-24)31-13-10-21(15-31)34-20-5-2-4-19(14-20)25(26,27)28/h2,4-9,14,16,21H,3,10-13,15H2,1H3,(H2,29,32)(H,30,33)/t16?,21-/m1/s1. The van der Waals surface area contributed by atoms with E-state index in [0.29, 0.717) is 25.1 Å². The van der Waals surface area contributed by atoms with Gasteiger partial charge in [0.15, 0.2) is 0 Å². The van der Waals surface area contributed by atoms with E-state index in [2.05, 4.69) is 10.2 Å². The van der Waals surface area contributed by atoms with Gasteiger partial charge >= 0.3 is 6.18 Å². The summed E-state index contributed by atoms with van der Waals surface area (Å²) in [6.45, 7) is 3.00. The Morgan fingerprint density at radius 3 is 2.47 bits per heavy atom. The number of likely N-dealkylation sites (tertiary alicyclic amines) is 1. The Kier molecular flexibility index (Phi) is 6.58. The summed E-state index contributed by atoms with van der Waals surface area (Å²) in [5, 5.41) is 3.09. The van der Waals surface area contributed by atoms with E-state index in [9.17, 15) is 22.8 Å². The van der Waals surface area contributed by atoms with Crippen molar-refractivity contribution in [3.8, 4) is 5.75 Å². The molecule has 0 spiro atoms. The number of carbonyl (C=O) groups is 2. The van der Waals surface area contributed by atoms with Gasteiger partial charge in [-0.15, -0.1) is 0 Å². The van der Waals surface area contributed by atoms with E-state index in [0.717, 1.165) is 37.0 Å². The number of hydrogen-bond acceptors (Lipinski definition) is 4. The van der Waals surface area contributed by atoms with Crippen molar-refractivity contribution in [3.63, 3.8) is 0 Å². The highest BCUT2D eigenvalue weighted by atomic mass is 19.4. The van der Waals surface area contributed by atoms with Gasteiger partial charge in [0, 0.05) is 18.7 Å². The van der Waals surface area contributed by atoms with Gasteiger partial charge in [0.05, 0.1) is 11.6 Å². The summed E-state index contributed by atoms with van der Waals surface area (Å²) in [5.41, 5.74) is 5.18. The minimum Gasteiger partial charge on any atom is -0.489 e. The molecule has 1 heterocycles. The molecule has 1 aliphatic carbocycles. The summed E-state index contributed by atoms with van der Waals surface area (Å²) in [6.07, 6.45) is -1.69. The fraction of sp³-hybridized carbons (Fsp3) is 0.440. The van der Waals surface area contributed by atoms with Crippen molar-refractivity contribution >= 4 is 11.8 Å². The van der Waals surface area contributed by atoms with Gasteiger partial charge in [-0.1, -0.05) is 18.2 Å². The predicted octanol–water partition coefficient (Wildman–Crippen LogP) is 4.06. The van der Waals surface area contributed by atoms with Crippen LogP contribution in [0.4, 0.5) is 13.2 Å². The third kappa shape index (κ3) is 4.89. The van der Waals surface area contributed by atoms with Crippen molar-refractivity contribution in [2.24, 2.45) is 5.73 Å². The molecule has 182 valence electrons. The van der Waals surface area contributed by atoms with Gasteiger partial charge in [-0.3, -0.25) is 14.5 Å². The molecule has 2 atom stereocenters. The summed E-state index contributed by atoms with van der Waals surface area (Å²) in [4.78, 5) is 26.7. The minimum absolute atomic E-state index is 0.0649. The highest BCUT2D eigenvalue weighted by Crippen LogP contribution is 2.41. The lowest BCUT2D eigenvalue weighted by molar-refractivity contribution is -0.140. The molecular weight excluding hydrogens is 447 g/mol. The highest BCUT2D eigenvalue weighted by Gasteiger charge is 2.51. The van der Waals surface area contributed by atoms with Crippen molar-refractivity contribution in [2.45, 2.75) is 56.5 Å². The van der Waals surface area contributed by atoms with Crippen LogP contribution in [0.1, 0.15) is 60.1 Å². The van der Waals surface area contributed by atoms with E-state index in [4.69, 9.17) is 10.5 Å². The van der Waals surface area contributed by atoms with Crippen molar-refractivity contribution in [2.75, 3.05) is 13.1 Å². The van der Waals surface area contributed by atoms with Gasteiger partial charge in [0.25, 0.3) is 0 Å². The van der Waals surface area contributed by atoms with E-state index in [1.165, 1.54) is 12.1 Å². The fourth-order valence-electron chi connectivity index (χ4n) is 4.70. The number of nitrogens with one attached hydrogen (secondary N) is 1. The molecule has 9 heteroatoms. The number of nitrogens with zero attached hydrogens (tertiary/aromatic N) is 1. The van der Waals surface area contributed by atoms with Crippen molar-refractivity contribution in [3.05, 3.63) is 65.2 Å². The molecular formula is C25H28F3N3O3. The monoisotopic (exact) mass is 475 g/mol. The van der Waals surface area contributed by atoms with E-state index in [1.807, 2.05) is 6.92 Å². The van der Waals surface area contributed by atoms with Crippen LogP contribution in [0.3, 0.4) is 0 Å². The molecule has 1 aliphatic heterocycles. The summed E-state index contributed by atoms with van der Waals surface area (Å²) in [7, 11) is 0. The molecule has 2 fully saturated rings. The number of primary amides is 1. The van der Waals surface area contributed by atoms with Crippen LogP contribution in [0.15, 0.2) is 48.5 Å². The number of hydrogen-bond donors (Lipinski definition) is 2. The molecule has 4 rings (SSSR count). The van der Waals surface area contributed by atoms with Crippen LogP contribution in [0, 0.1) is 0 Å². The number of halogens is 3. The van der Waals surface area contributed by atoms with E-state index >= 15 is 0 Å². The summed E-state index contributed by atoms with van der Waals surface area (Å²) < 4.78 is 44.8. The zero-order valence-electron chi connectivity index (χ0n) is 18.9. The molecule has 34 heavy (non-hydrogen) atoms. The highest BCUT2D eigenvalue weighted by molar-refractivity contribution is 5.92. The second-order valence-corrected chi connectivity index (χ2v) is 9.07. The van der Waals surface area contributed by atoms with Crippen LogP contribution in [0.5, 0.6) is 5.75 Å². The average Bonchev–Trinajstić information content (AvgIpc) is 3.21. The minimum atomic E-state index is -4.42. The molecule has 2 aliphatic rings. The van der Waals surface area contributed by atoms with Crippen LogP contribution in [0.2, 0.25) is 0 Å². The van der Waals surface area contributed by atoms with Crippen LogP contribution in [-0.2, 0) is 11.0 Å². The third-order valence-electron chi connectivity index (χ3n) is 6.86. The molecule has 0 radical (unpaired) electrons. The molecule has 1 saturated carbocycles.